The zero-order valence-corrected chi connectivity index (χ0v) is 14.1. The fourth-order valence-corrected chi connectivity index (χ4v) is 3.38. The molecule has 0 aliphatic heterocycles. The zero-order valence-electron chi connectivity index (χ0n) is 14.1. The Morgan fingerprint density at radius 2 is 1.96 bits per heavy atom. The Morgan fingerprint density at radius 3 is 2.58 bits per heavy atom. The average molecular weight is 334 g/mol. The zero-order chi connectivity index (χ0) is 17.9. The topological polar surface area (TPSA) is 89.9 Å². The van der Waals surface area contributed by atoms with Crippen LogP contribution >= 0.6 is 0 Å². The summed E-state index contributed by atoms with van der Waals surface area (Å²) in [7, 11) is 0. The Kier molecular flexibility index (Phi) is 5.26. The van der Waals surface area contributed by atoms with E-state index in [-0.39, 0.29) is 31.6 Å². The first-order chi connectivity index (χ1) is 11.4. The molecule has 0 amide bonds. The molecule has 0 spiro atoms. The number of hydrogen-bond acceptors (Lipinski definition) is 6. The van der Waals surface area contributed by atoms with Crippen LogP contribution in [0.5, 0.6) is 0 Å². The van der Waals surface area contributed by atoms with E-state index in [1.807, 2.05) is 13.0 Å². The Morgan fingerprint density at radius 1 is 1.29 bits per heavy atom. The summed E-state index contributed by atoms with van der Waals surface area (Å²) < 4.78 is 10.2. The molecule has 0 saturated heterocycles. The van der Waals surface area contributed by atoms with Crippen molar-refractivity contribution in [2.45, 2.75) is 33.6 Å². The van der Waals surface area contributed by atoms with Gasteiger partial charge in [0.2, 0.25) is 5.78 Å². The van der Waals surface area contributed by atoms with Gasteiger partial charge in [0.15, 0.2) is 5.76 Å². The number of hydrogen-bond donors (Lipinski definition) is 1. The first-order valence-corrected chi connectivity index (χ1v) is 8.04. The highest BCUT2D eigenvalue weighted by molar-refractivity contribution is 6.06. The summed E-state index contributed by atoms with van der Waals surface area (Å²) in [4.78, 5) is 36.6. The van der Waals surface area contributed by atoms with E-state index >= 15 is 0 Å². The van der Waals surface area contributed by atoms with E-state index in [4.69, 9.17) is 9.47 Å². The lowest BCUT2D eigenvalue weighted by Gasteiger charge is -2.42. The molecule has 0 bridgehead atoms. The minimum atomic E-state index is -1.35. The average Bonchev–Trinajstić information content (AvgIpc) is 2.54. The van der Waals surface area contributed by atoms with Gasteiger partial charge in [0.25, 0.3) is 0 Å². The van der Waals surface area contributed by atoms with Crippen LogP contribution in [0.4, 0.5) is 0 Å². The molecule has 0 aromatic heterocycles. The summed E-state index contributed by atoms with van der Waals surface area (Å²) in [6, 6.07) is 0. The molecular formula is C18H22O6. The molecule has 2 aliphatic carbocycles. The van der Waals surface area contributed by atoms with Crippen LogP contribution in [-0.4, -0.2) is 36.0 Å². The molecule has 0 unspecified atom stereocenters. The quantitative estimate of drug-likeness (QED) is 0.613. The fraction of sp³-hybridized carbons (Fsp3) is 0.500. The number of aliphatic hydroxyl groups excluding tert-OH is 1. The van der Waals surface area contributed by atoms with Crippen LogP contribution in [0.3, 0.4) is 0 Å². The van der Waals surface area contributed by atoms with Crippen molar-refractivity contribution in [2.75, 3.05) is 13.2 Å². The third-order valence-electron chi connectivity index (χ3n) is 4.53. The second-order valence-corrected chi connectivity index (χ2v) is 5.83. The Labute approximate surface area is 140 Å². The lowest BCUT2D eigenvalue weighted by molar-refractivity contribution is -0.154. The lowest BCUT2D eigenvalue weighted by atomic mass is 9.60. The summed E-state index contributed by atoms with van der Waals surface area (Å²) in [6.07, 6.45) is 4.67. The van der Waals surface area contributed by atoms with E-state index in [2.05, 4.69) is 0 Å². The molecule has 2 rings (SSSR count). The predicted octanol–water partition coefficient (Wildman–Crippen LogP) is 2.41. The molecule has 0 heterocycles. The van der Waals surface area contributed by atoms with E-state index in [0.29, 0.717) is 0 Å². The van der Waals surface area contributed by atoms with Gasteiger partial charge in [-0.3, -0.25) is 14.4 Å². The molecule has 0 aromatic carbocycles. The van der Waals surface area contributed by atoms with E-state index in [1.165, 1.54) is 12.2 Å². The monoisotopic (exact) mass is 334 g/mol. The highest BCUT2D eigenvalue weighted by Crippen LogP contribution is 2.51. The minimum absolute atomic E-state index is 0.0374. The van der Waals surface area contributed by atoms with Gasteiger partial charge in [-0.25, -0.2) is 0 Å². The van der Waals surface area contributed by atoms with Crippen LogP contribution in [0.25, 0.3) is 0 Å². The number of aliphatic hydroxyl groups is 1. The first kappa shape index (κ1) is 18.0. The lowest BCUT2D eigenvalue weighted by Crippen LogP contribution is -2.46. The van der Waals surface area contributed by atoms with Gasteiger partial charge in [-0.2, -0.15) is 0 Å². The number of allylic oxidation sites excluding steroid dienone is 3. The van der Waals surface area contributed by atoms with E-state index < -0.39 is 34.8 Å². The van der Waals surface area contributed by atoms with Gasteiger partial charge in [0.1, 0.15) is 5.41 Å². The minimum Gasteiger partial charge on any atom is -0.504 e. The molecule has 130 valence electrons. The van der Waals surface area contributed by atoms with Gasteiger partial charge in [-0.15, -0.1) is 0 Å². The third kappa shape index (κ3) is 2.88. The van der Waals surface area contributed by atoms with Crippen LogP contribution in [0.1, 0.15) is 33.6 Å². The Balaban J connectivity index is 2.57. The maximum Gasteiger partial charge on any atom is 0.320 e. The summed E-state index contributed by atoms with van der Waals surface area (Å²) >= 11 is 0. The maximum absolute atomic E-state index is 12.8. The van der Waals surface area contributed by atoms with Gasteiger partial charge in [0, 0.05) is 11.5 Å². The summed E-state index contributed by atoms with van der Waals surface area (Å²) in [5, 5.41) is 10.2. The van der Waals surface area contributed by atoms with Crippen molar-refractivity contribution < 1.29 is 29.0 Å². The van der Waals surface area contributed by atoms with Crippen LogP contribution in [-0.2, 0) is 23.9 Å². The molecule has 0 radical (unpaired) electrons. The largest absolute Gasteiger partial charge is 0.504 e. The van der Waals surface area contributed by atoms with E-state index in [0.717, 1.165) is 5.57 Å². The normalized spacial score (nSPS) is 25.9. The standard InChI is InChI=1S/C18H22O6/c1-4-23-15(20)10-13-11(3)6-7-12-16(21)14(19)8-9-18(12,13)17(22)24-5-2/h6,8-9,13,21H,4-5,7,10H2,1-3H3/t13-,18-/m0/s1. The first-order valence-electron chi connectivity index (χ1n) is 8.04. The molecule has 24 heavy (non-hydrogen) atoms. The van der Waals surface area contributed by atoms with E-state index in [9.17, 15) is 19.5 Å². The van der Waals surface area contributed by atoms with Crippen molar-refractivity contribution in [1.29, 1.82) is 0 Å². The summed E-state index contributed by atoms with van der Waals surface area (Å²) in [6.45, 7) is 5.61. The molecule has 0 saturated carbocycles. The number of fused-ring (bicyclic) bond motifs is 1. The number of carbonyl (C=O) groups excluding carboxylic acids is 3. The van der Waals surface area contributed by atoms with Gasteiger partial charge < -0.3 is 14.6 Å². The molecule has 0 aromatic rings. The molecular weight excluding hydrogens is 312 g/mol. The Hall–Kier alpha value is -2.37. The summed E-state index contributed by atoms with van der Waals surface area (Å²) in [5.41, 5.74) is -0.237. The molecule has 2 atom stereocenters. The summed E-state index contributed by atoms with van der Waals surface area (Å²) in [5.74, 6) is -2.57. The maximum atomic E-state index is 12.8. The number of esters is 2. The molecule has 2 aliphatic rings. The van der Waals surface area contributed by atoms with Gasteiger partial charge in [-0.1, -0.05) is 17.7 Å². The fourth-order valence-electron chi connectivity index (χ4n) is 3.38. The molecule has 0 fully saturated rings. The van der Waals surface area contributed by atoms with Crippen molar-refractivity contribution in [3.8, 4) is 0 Å². The molecule has 1 N–H and O–H groups in total. The number of rotatable bonds is 5. The van der Waals surface area contributed by atoms with Gasteiger partial charge >= 0.3 is 11.9 Å². The van der Waals surface area contributed by atoms with Crippen LogP contribution in [0, 0.1) is 11.3 Å². The highest BCUT2D eigenvalue weighted by atomic mass is 16.5. The van der Waals surface area contributed by atoms with Crippen molar-refractivity contribution in [3.05, 3.63) is 35.1 Å². The predicted molar refractivity (Wildman–Crippen MR) is 86.0 cm³/mol. The number of carbonyl (C=O) groups is 3. The van der Waals surface area contributed by atoms with Crippen molar-refractivity contribution in [2.24, 2.45) is 11.3 Å². The smallest absolute Gasteiger partial charge is 0.320 e. The number of ether oxygens (including phenoxy) is 2. The van der Waals surface area contributed by atoms with Crippen LogP contribution in [0.15, 0.2) is 35.1 Å². The van der Waals surface area contributed by atoms with Crippen molar-refractivity contribution in [1.82, 2.24) is 0 Å². The highest BCUT2D eigenvalue weighted by Gasteiger charge is 2.54. The van der Waals surface area contributed by atoms with Crippen LogP contribution in [0.2, 0.25) is 0 Å². The van der Waals surface area contributed by atoms with Gasteiger partial charge in [0.05, 0.1) is 19.6 Å². The van der Waals surface area contributed by atoms with Crippen molar-refractivity contribution in [3.63, 3.8) is 0 Å². The second-order valence-electron chi connectivity index (χ2n) is 5.83. The molecule has 6 nitrogen and oxygen atoms in total. The van der Waals surface area contributed by atoms with Gasteiger partial charge in [-0.05, 0) is 33.3 Å². The molecule has 6 heteroatoms. The van der Waals surface area contributed by atoms with Crippen LogP contribution < -0.4 is 0 Å². The number of ketones is 1. The Bertz CT molecular complexity index is 654. The van der Waals surface area contributed by atoms with Crippen molar-refractivity contribution >= 4 is 17.7 Å². The SMILES string of the molecule is CCOC(=O)C[C@H]1C(C)=CCC2=C(O)C(=O)C=C[C@]21C(=O)OCC. The second kappa shape index (κ2) is 7.03. The third-order valence-corrected chi connectivity index (χ3v) is 4.53. The van der Waals surface area contributed by atoms with E-state index in [1.54, 1.807) is 13.8 Å².